The van der Waals surface area contributed by atoms with Crippen LogP contribution in [-0.4, -0.2) is 28.8 Å². The third-order valence-corrected chi connectivity index (χ3v) is 5.96. The molecule has 19 heavy (non-hydrogen) atoms. The van der Waals surface area contributed by atoms with E-state index >= 15 is 0 Å². The van der Waals surface area contributed by atoms with E-state index in [1.165, 1.54) is 0 Å². The fourth-order valence-electron chi connectivity index (χ4n) is 2.63. The molecule has 0 aromatic carbocycles. The summed E-state index contributed by atoms with van der Waals surface area (Å²) in [6, 6.07) is 3.59. The van der Waals surface area contributed by atoms with Crippen LogP contribution in [0, 0.1) is 0 Å². The van der Waals surface area contributed by atoms with Gasteiger partial charge in [-0.1, -0.05) is 6.42 Å². The van der Waals surface area contributed by atoms with Crippen LogP contribution in [-0.2, 0) is 16.3 Å². The topological polar surface area (TPSA) is 77.5 Å². The number of nitrogens with zero attached hydrogens (tertiary/aromatic N) is 2. The van der Waals surface area contributed by atoms with E-state index in [0.717, 1.165) is 30.6 Å². The van der Waals surface area contributed by atoms with Gasteiger partial charge in [0.1, 0.15) is 5.65 Å². The number of nitrogens with two attached hydrogens (primary N) is 1. The lowest BCUT2D eigenvalue weighted by Gasteiger charge is -2.21. The van der Waals surface area contributed by atoms with Gasteiger partial charge in [-0.25, -0.2) is 13.4 Å². The van der Waals surface area contributed by atoms with Gasteiger partial charge in [-0.3, -0.25) is 0 Å². The highest BCUT2D eigenvalue weighted by molar-refractivity contribution is 7.92. The molecule has 1 fully saturated rings. The summed E-state index contributed by atoms with van der Waals surface area (Å²) in [5.74, 6) is 0.317. The van der Waals surface area contributed by atoms with Crippen molar-refractivity contribution in [2.75, 3.05) is 11.5 Å². The number of sulfone groups is 1. The molecule has 1 aliphatic rings. The monoisotopic (exact) mass is 279 g/mol. The van der Waals surface area contributed by atoms with Crippen LogP contribution in [0.2, 0.25) is 0 Å². The van der Waals surface area contributed by atoms with Crippen LogP contribution >= 0.6 is 0 Å². The Morgan fingerprint density at radius 2 is 2.26 bits per heavy atom. The normalized spacial score (nSPS) is 22.6. The molecule has 3 heterocycles. The van der Waals surface area contributed by atoms with Crippen molar-refractivity contribution in [2.24, 2.45) is 0 Å². The van der Waals surface area contributed by atoms with Crippen molar-refractivity contribution < 1.29 is 8.42 Å². The zero-order valence-electron chi connectivity index (χ0n) is 10.6. The Hall–Kier alpha value is -1.56. The molecule has 102 valence electrons. The number of nitrogen functional groups attached to an aromatic ring is 1. The Morgan fingerprint density at radius 1 is 1.42 bits per heavy atom. The number of pyridine rings is 1. The quantitative estimate of drug-likeness (QED) is 0.902. The van der Waals surface area contributed by atoms with Crippen molar-refractivity contribution in [3.63, 3.8) is 0 Å². The second-order valence-electron chi connectivity index (χ2n) is 5.15. The van der Waals surface area contributed by atoms with Crippen molar-refractivity contribution >= 4 is 21.2 Å². The zero-order valence-corrected chi connectivity index (χ0v) is 11.4. The SMILES string of the molecule is Nc1ccn2cc(CC3CCCCS3(=O)=O)nc2c1. The summed E-state index contributed by atoms with van der Waals surface area (Å²) in [6.45, 7) is 0. The first kappa shape index (κ1) is 12.5. The first-order chi connectivity index (χ1) is 9.04. The highest BCUT2D eigenvalue weighted by Gasteiger charge is 2.29. The lowest BCUT2D eigenvalue weighted by molar-refractivity contribution is 0.536. The van der Waals surface area contributed by atoms with E-state index in [-0.39, 0.29) is 5.25 Å². The summed E-state index contributed by atoms with van der Waals surface area (Å²) in [5, 5.41) is -0.275. The first-order valence-corrected chi connectivity index (χ1v) is 8.21. The third-order valence-electron chi connectivity index (χ3n) is 3.68. The molecule has 2 N–H and O–H groups in total. The van der Waals surface area contributed by atoms with E-state index in [2.05, 4.69) is 4.98 Å². The Morgan fingerprint density at radius 3 is 3.05 bits per heavy atom. The van der Waals surface area contributed by atoms with Crippen LogP contribution in [0.4, 0.5) is 5.69 Å². The van der Waals surface area contributed by atoms with Crippen molar-refractivity contribution in [1.29, 1.82) is 0 Å². The Kier molecular flexibility index (Phi) is 2.97. The van der Waals surface area contributed by atoms with E-state index in [4.69, 9.17) is 5.73 Å². The molecule has 5 nitrogen and oxygen atoms in total. The molecule has 0 saturated carbocycles. The Balaban J connectivity index is 1.88. The van der Waals surface area contributed by atoms with Crippen LogP contribution < -0.4 is 5.73 Å². The molecule has 2 aromatic heterocycles. The lowest BCUT2D eigenvalue weighted by atomic mass is 10.1. The molecular weight excluding hydrogens is 262 g/mol. The minimum atomic E-state index is -2.94. The summed E-state index contributed by atoms with van der Waals surface area (Å²) in [6.07, 6.45) is 6.77. The predicted octanol–water partition coefficient (Wildman–Crippen LogP) is 1.43. The van der Waals surface area contributed by atoms with Gasteiger partial charge in [-0.15, -0.1) is 0 Å². The second-order valence-corrected chi connectivity index (χ2v) is 7.55. The average Bonchev–Trinajstić information content (AvgIpc) is 2.73. The molecule has 6 heteroatoms. The molecule has 1 atom stereocenters. The minimum Gasteiger partial charge on any atom is -0.399 e. The number of imidazole rings is 1. The maximum Gasteiger partial charge on any atom is 0.153 e. The van der Waals surface area contributed by atoms with Gasteiger partial charge < -0.3 is 10.1 Å². The van der Waals surface area contributed by atoms with E-state index in [1.54, 1.807) is 12.1 Å². The summed E-state index contributed by atoms with van der Waals surface area (Å²) < 4.78 is 25.9. The third kappa shape index (κ3) is 2.45. The summed E-state index contributed by atoms with van der Waals surface area (Å²) in [5.41, 5.74) is 7.96. The number of aromatic nitrogens is 2. The van der Waals surface area contributed by atoms with E-state index in [0.29, 0.717) is 17.9 Å². The van der Waals surface area contributed by atoms with Crippen LogP contribution in [0.1, 0.15) is 25.0 Å². The van der Waals surface area contributed by atoms with Crippen molar-refractivity contribution in [1.82, 2.24) is 9.38 Å². The van der Waals surface area contributed by atoms with E-state index in [1.807, 2.05) is 16.8 Å². The van der Waals surface area contributed by atoms with Gasteiger partial charge in [0.25, 0.3) is 0 Å². The molecule has 0 amide bonds. The van der Waals surface area contributed by atoms with E-state index < -0.39 is 9.84 Å². The second kappa shape index (κ2) is 4.52. The van der Waals surface area contributed by atoms with Crippen LogP contribution in [0.25, 0.3) is 5.65 Å². The van der Waals surface area contributed by atoms with Gasteiger partial charge in [-0.05, 0) is 18.9 Å². The maximum absolute atomic E-state index is 12.0. The zero-order chi connectivity index (χ0) is 13.5. The first-order valence-electron chi connectivity index (χ1n) is 6.49. The van der Waals surface area contributed by atoms with Gasteiger partial charge >= 0.3 is 0 Å². The number of rotatable bonds is 2. The largest absolute Gasteiger partial charge is 0.399 e. The van der Waals surface area contributed by atoms with Gasteiger partial charge in [0.15, 0.2) is 9.84 Å². The average molecular weight is 279 g/mol. The molecule has 0 radical (unpaired) electrons. The molecule has 0 aliphatic carbocycles. The molecule has 3 rings (SSSR count). The Bertz CT molecular complexity index is 706. The summed E-state index contributed by atoms with van der Waals surface area (Å²) in [7, 11) is -2.94. The molecule has 1 unspecified atom stereocenters. The number of anilines is 1. The fourth-order valence-corrected chi connectivity index (χ4v) is 4.52. The highest BCUT2D eigenvalue weighted by Crippen LogP contribution is 2.23. The summed E-state index contributed by atoms with van der Waals surface area (Å²) in [4.78, 5) is 4.45. The molecule has 2 aromatic rings. The van der Waals surface area contributed by atoms with Crippen molar-refractivity contribution in [2.45, 2.75) is 30.9 Å². The maximum atomic E-state index is 12.0. The van der Waals surface area contributed by atoms with E-state index in [9.17, 15) is 8.42 Å². The minimum absolute atomic E-state index is 0.275. The molecule has 0 spiro atoms. The highest BCUT2D eigenvalue weighted by atomic mass is 32.2. The van der Waals surface area contributed by atoms with Gasteiger partial charge in [-0.2, -0.15) is 0 Å². The number of hydrogen-bond donors (Lipinski definition) is 1. The van der Waals surface area contributed by atoms with Gasteiger partial charge in [0, 0.05) is 30.6 Å². The fraction of sp³-hybridized carbons (Fsp3) is 0.462. The molecule has 0 bridgehead atoms. The molecule has 1 saturated heterocycles. The lowest BCUT2D eigenvalue weighted by Crippen LogP contribution is -2.30. The molecular formula is C13H17N3O2S. The van der Waals surface area contributed by atoms with Crippen LogP contribution in [0.3, 0.4) is 0 Å². The van der Waals surface area contributed by atoms with Gasteiger partial charge in [0.05, 0.1) is 16.7 Å². The standard InChI is InChI=1S/C13H17N3O2S/c14-10-4-5-16-9-11(15-13(16)7-10)8-12-3-1-2-6-19(12,17)18/h4-5,7,9,12H,1-3,6,8,14H2. The predicted molar refractivity (Wildman–Crippen MR) is 74.7 cm³/mol. The van der Waals surface area contributed by atoms with Crippen LogP contribution in [0.15, 0.2) is 24.5 Å². The van der Waals surface area contributed by atoms with Gasteiger partial charge in [0.2, 0.25) is 0 Å². The van der Waals surface area contributed by atoms with Crippen LogP contribution in [0.5, 0.6) is 0 Å². The summed E-state index contributed by atoms with van der Waals surface area (Å²) >= 11 is 0. The number of fused-ring (bicyclic) bond motifs is 1. The Labute approximate surface area is 112 Å². The smallest absolute Gasteiger partial charge is 0.153 e. The van der Waals surface area contributed by atoms with Crippen molar-refractivity contribution in [3.05, 3.63) is 30.2 Å². The van der Waals surface area contributed by atoms with Crippen molar-refractivity contribution in [3.8, 4) is 0 Å². The molecule has 1 aliphatic heterocycles. The number of hydrogen-bond acceptors (Lipinski definition) is 4.